The van der Waals surface area contributed by atoms with Crippen molar-refractivity contribution in [1.82, 2.24) is 0 Å². The molecule has 1 atom stereocenters. The highest BCUT2D eigenvalue weighted by atomic mass is 16.1. The Morgan fingerprint density at radius 1 is 1.10 bits per heavy atom. The maximum absolute atomic E-state index is 11.0. The Bertz CT molecular complexity index is 598. The Morgan fingerprint density at radius 2 is 1.90 bits per heavy atom. The number of benzene rings is 2. The Kier molecular flexibility index (Phi) is 4.73. The van der Waals surface area contributed by atoms with E-state index in [-0.39, 0.29) is 0 Å². The van der Waals surface area contributed by atoms with Gasteiger partial charge in [-0.1, -0.05) is 57.2 Å². The fourth-order valence-electron chi connectivity index (χ4n) is 2.50. The largest absolute Gasteiger partial charge is 0.298 e. The predicted molar refractivity (Wildman–Crippen MR) is 85.3 cm³/mol. The van der Waals surface area contributed by atoms with Crippen LogP contribution in [-0.2, 0) is 6.42 Å². The molecule has 104 valence electrons. The minimum Gasteiger partial charge on any atom is -0.298 e. The van der Waals surface area contributed by atoms with E-state index in [1.165, 1.54) is 16.7 Å². The van der Waals surface area contributed by atoms with Crippen molar-refractivity contribution in [2.24, 2.45) is 0 Å². The zero-order valence-electron chi connectivity index (χ0n) is 12.5. The van der Waals surface area contributed by atoms with Gasteiger partial charge in [-0.25, -0.2) is 0 Å². The van der Waals surface area contributed by atoms with Gasteiger partial charge in [0.25, 0.3) is 0 Å². The van der Waals surface area contributed by atoms with Crippen molar-refractivity contribution in [2.45, 2.75) is 39.5 Å². The molecule has 1 unspecified atom stereocenters. The summed E-state index contributed by atoms with van der Waals surface area (Å²) in [5.41, 5.74) is 5.85. The van der Waals surface area contributed by atoms with Crippen LogP contribution < -0.4 is 0 Å². The Labute approximate surface area is 121 Å². The average molecular weight is 266 g/mol. The molecule has 0 radical (unpaired) electrons. The molecule has 2 rings (SSSR count). The summed E-state index contributed by atoms with van der Waals surface area (Å²) in [4.78, 5) is 11.0. The molecule has 0 aliphatic heterocycles. The molecule has 1 heteroatoms. The quantitative estimate of drug-likeness (QED) is 0.676. The lowest BCUT2D eigenvalue weighted by Crippen LogP contribution is -1.97. The standard InChI is InChI=1S/C19H22O/c1-4-14(3)18-10-9-15(5-2)12-19(18)17-8-6-7-16(11-17)13-20/h6-14H,4-5H2,1-3H3. The van der Waals surface area contributed by atoms with Crippen molar-refractivity contribution < 1.29 is 4.79 Å². The molecule has 20 heavy (non-hydrogen) atoms. The summed E-state index contributed by atoms with van der Waals surface area (Å²) in [5.74, 6) is 0.524. The molecule has 0 saturated carbocycles. The van der Waals surface area contributed by atoms with Gasteiger partial charge in [-0.3, -0.25) is 4.79 Å². The van der Waals surface area contributed by atoms with Gasteiger partial charge in [0.1, 0.15) is 6.29 Å². The van der Waals surface area contributed by atoms with Crippen LogP contribution in [-0.4, -0.2) is 6.29 Å². The second kappa shape index (κ2) is 6.51. The van der Waals surface area contributed by atoms with Gasteiger partial charge in [0, 0.05) is 5.56 Å². The van der Waals surface area contributed by atoms with E-state index in [0.717, 1.165) is 30.3 Å². The summed E-state index contributed by atoms with van der Waals surface area (Å²) in [6, 6.07) is 14.6. The van der Waals surface area contributed by atoms with Gasteiger partial charge in [0.15, 0.2) is 0 Å². The first kappa shape index (κ1) is 14.5. The molecule has 0 spiro atoms. The molecule has 2 aromatic carbocycles. The van der Waals surface area contributed by atoms with E-state index < -0.39 is 0 Å². The van der Waals surface area contributed by atoms with Gasteiger partial charge < -0.3 is 0 Å². The van der Waals surface area contributed by atoms with Crippen LogP contribution in [0.15, 0.2) is 42.5 Å². The second-order valence-corrected chi connectivity index (χ2v) is 5.33. The number of hydrogen-bond acceptors (Lipinski definition) is 1. The van der Waals surface area contributed by atoms with E-state index >= 15 is 0 Å². The highest BCUT2D eigenvalue weighted by molar-refractivity contribution is 5.80. The normalized spacial score (nSPS) is 12.2. The van der Waals surface area contributed by atoms with E-state index in [2.05, 4.69) is 45.0 Å². The molecule has 0 N–H and O–H groups in total. The zero-order valence-corrected chi connectivity index (χ0v) is 12.5. The summed E-state index contributed by atoms with van der Waals surface area (Å²) in [6.45, 7) is 6.64. The van der Waals surface area contributed by atoms with Gasteiger partial charge in [-0.05, 0) is 47.1 Å². The summed E-state index contributed by atoms with van der Waals surface area (Å²) in [5, 5.41) is 0. The van der Waals surface area contributed by atoms with E-state index in [1.807, 2.05) is 18.2 Å². The third-order valence-corrected chi connectivity index (χ3v) is 4.00. The van der Waals surface area contributed by atoms with Crippen LogP contribution in [0.3, 0.4) is 0 Å². The Balaban J connectivity index is 2.59. The van der Waals surface area contributed by atoms with Crippen molar-refractivity contribution in [3.05, 3.63) is 59.2 Å². The zero-order chi connectivity index (χ0) is 14.5. The van der Waals surface area contributed by atoms with Gasteiger partial charge in [-0.15, -0.1) is 0 Å². The molecule has 0 aliphatic rings. The topological polar surface area (TPSA) is 17.1 Å². The maximum atomic E-state index is 11.0. The van der Waals surface area contributed by atoms with Crippen molar-refractivity contribution in [1.29, 1.82) is 0 Å². The molecular weight excluding hydrogens is 244 g/mol. The van der Waals surface area contributed by atoms with Crippen molar-refractivity contribution >= 4 is 6.29 Å². The van der Waals surface area contributed by atoms with Crippen LogP contribution >= 0.6 is 0 Å². The van der Waals surface area contributed by atoms with E-state index in [9.17, 15) is 4.79 Å². The highest BCUT2D eigenvalue weighted by Gasteiger charge is 2.11. The summed E-state index contributed by atoms with van der Waals surface area (Å²) >= 11 is 0. The molecule has 0 aromatic heterocycles. The number of carbonyl (C=O) groups is 1. The number of carbonyl (C=O) groups excluding carboxylic acids is 1. The van der Waals surface area contributed by atoms with Gasteiger partial charge >= 0.3 is 0 Å². The van der Waals surface area contributed by atoms with Gasteiger partial charge in [-0.2, -0.15) is 0 Å². The summed E-state index contributed by atoms with van der Waals surface area (Å²) in [7, 11) is 0. The highest BCUT2D eigenvalue weighted by Crippen LogP contribution is 2.32. The van der Waals surface area contributed by atoms with E-state index in [4.69, 9.17) is 0 Å². The van der Waals surface area contributed by atoms with Crippen LogP contribution in [0.1, 0.15) is 54.6 Å². The lowest BCUT2D eigenvalue weighted by molar-refractivity contribution is 0.112. The van der Waals surface area contributed by atoms with Crippen LogP contribution in [0, 0.1) is 0 Å². The summed E-state index contributed by atoms with van der Waals surface area (Å²) < 4.78 is 0. The first-order chi connectivity index (χ1) is 9.69. The van der Waals surface area contributed by atoms with Crippen LogP contribution in [0.5, 0.6) is 0 Å². The summed E-state index contributed by atoms with van der Waals surface area (Å²) in [6.07, 6.45) is 3.06. The molecule has 0 fully saturated rings. The second-order valence-electron chi connectivity index (χ2n) is 5.33. The molecule has 0 amide bonds. The van der Waals surface area contributed by atoms with Crippen molar-refractivity contribution in [3.8, 4) is 11.1 Å². The van der Waals surface area contributed by atoms with Crippen molar-refractivity contribution in [2.75, 3.05) is 0 Å². The Morgan fingerprint density at radius 3 is 2.55 bits per heavy atom. The third kappa shape index (κ3) is 2.98. The first-order valence-corrected chi connectivity index (χ1v) is 7.38. The van der Waals surface area contributed by atoms with Crippen LogP contribution in [0.4, 0.5) is 0 Å². The fourth-order valence-corrected chi connectivity index (χ4v) is 2.50. The van der Waals surface area contributed by atoms with Crippen LogP contribution in [0.2, 0.25) is 0 Å². The molecule has 0 aliphatic carbocycles. The fraction of sp³-hybridized carbons (Fsp3) is 0.316. The third-order valence-electron chi connectivity index (χ3n) is 4.00. The number of aldehydes is 1. The first-order valence-electron chi connectivity index (χ1n) is 7.38. The molecule has 0 bridgehead atoms. The van der Waals surface area contributed by atoms with Crippen molar-refractivity contribution in [3.63, 3.8) is 0 Å². The van der Waals surface area contributed by atoms with Gasteiger partial charge in [0.05, 0.1) is 0 Å². The minimum atomic E-state index is 0.524. The Hall–Kier alpha value is -1.89. The van der Waals surface area contributed by atoms with Crippen LogP contribution in [0.25, 0.3) is 11.1 Å². The number of rotatable bonds is 5. The molecule has 1 nitrogen and oxygen atoms in total. The monoisotopic (exact) mass is 266 g/mol. The maximum Gasteiger partial charge on any atom is 0.150 e. The van der Waals surface area contributed by atoms with E-state index in [0.29, 0.717) is 5.92 Å². The van der Waals surface area contributed by atoms with E-state index in [1.54, 1.807) is 0 Å². The number of aryl methyl sites for hydroxylation is 1. The van der Waals surface area contributed by atoms with Gasteiger partial charge in [0.2, 0.25) is 0 Å². The molecule has 0 heterocycles. The predicted octanol–water partition coefficient (Wildman–Crippen LogP) is 5.24. The minimum absolute atomic E-state index is 0.524. The number of hydrogen-bond donors (Lipinski definition) is 0. The average Bonchev–Trinajstić information content (AvgIpc) is 2.53. The molecular formula is C19H22O. The molecule has 0 saturated heterocycles. The lowest BCUT2D eigenvalue weighted by atomic mass is 9.88. The molecule has 2 aromatic rings. The smallest absolute Gasteiger partial charge is 0.150 e. The lowest BCUT2D eigenvalue weighted by Gasteiger charge is -2.17. The SMILES string of the molecule is CCc1ccc(C(C)CC)c(-c2cccc(C=O)c2)c1.